The normalized spacial score (nSPS) is 16.9. The van der Waals surface area contributed by atoms with E-state index in [0.29, 0.717) is 0 Å². The zero-order chi connectivity index (χ0) is 16.4. The highest BCUT2D eigenvalue weighted by atomic mass is 32.1. The third kappa shape index (κ3) is 3.82. The molecule has 5 nitrogen and oxygen atoms in total. The minimum Gasteiger partial charge on any atom is -0.337 e. The third-order valence-corrected chi connectivity index (χ3v) is 5.27. The number of hydrogen-bond donors (Lipinski definition) is 1. The molecule has 0 saturated heterocycles. The van der Waals surface area contributed by atoms with Crippen LogP contribution in [0.1, 0.15) is 29.9 Å². The first kappa shape index (κ1) is 16.2. The Balaban J connectivity index is 1.53. The van der Waals surface area contributed by atoms with Crippen molar-refractivity contribution >= 4 is 17.2 Å². The number of aryl methyl sites for hydroxylation is 1. The van der Waals surface area contributed by atoms with Gasteiger partial charge in [-0.15, -0.1) is 11.3 Å². The summed E-state index contributed by atoms with van der Waals surface area (Å²) in [7, 11) is 0. The molecule has 0 bridgehead atoms. The number of hydrogen-bond acceptors (Lipinski definition) is 4. The zero-order valence-electron chi connectivity index (χ0n) is 14.0. The lowest BCUT2D eigenvalue weighted by molar-refractivity contribution is -0.134. The second kappa shape index (κ2) is 6.84. The molecule has 0 aromatic carbocycles. The number of nitrogens with zero attached hydrogens (tertiary/aromatic N) is 3. The first-order valence-electron chi connectivity index (χ1n) is 8.12. The van der Waals surface area contributed by atoms with Gasteiger partial charge in [0.25, 0.3) is 0 Å². The molecule has 1 amide bonds. The molecule has 0 unspecified atom stereocenters. The Morgan fingerprint density at radius 2 is 2.30 bits per heavy atom. The summed E-state index contributed by atoms with van der Waals surface area (Å²) >= 11 is 1.80. The van der Waals surface area contributed by atoms with Crippen molar-refractivity contribution in [3.05, 3.63) is 39.8 Å². The number of aromatic nitrogens is 2. The summed E-state index contributed by atoms with van der Waals surface area (Å²) in [6.45, 7) is 8.41. The van der Waals surface area contributed by atoms with Crippen LogP contribution in [-0.4, -0.2) is 39.2 Å². The molecule has 3 rings (SSSR count). The van der Waals surface area contributed by atoms with E-state index in [4.69, 9.17) is 0 Å². The van der Waals surface area contributed by atoms with Crippen LogP contribution in [0.25, 0.3) is 0 Å². The van der Waals surface area contributed by atoms with Gasteiger partial charge in [-0.3, -0.25) is 9.48 Å². The molecule has 0 spiro atoms. The van der Waals surface area contributed by atoms with Gasteiger partial charge in [0.15, 0.2) is 0 Å². The van der Waals surface area contributed by atoms with Crippen LogP contribution in [0.15, 0.2) is 23.8 Å². The van der Waals surface area contributed by atoms with Crippen LogP contribution in [0, 0.1) is 6.92 Å². The molecule has 6 heteroatoms. The summed E-state index contributed by atoms with van der Waals surface area (Å²) in [4.78, 5) is 16.1. The Morgan fingerprint density at radius 3 is 3.04 bits per heavy atom. The summed E-state index contributed by atoms with van der Waals surface area (Å²) in [5.41, 5.74) is 2.46. The second-order valence-corrected chi connectivity index (χ2v) is 7.41. The summed E-state index contributed by atoms with van der Waals surface area (Å²) in [5, 5.41) is 9.82. The van der Waals surface area contributed by atoms with Gasteiger partial charge in [0.05, 0.1) is 18.8 Å². The number of carbonyl (C=O) groups excluding carboxylic acids is 1. The molecule has 2 atom stereocenters. The molecule has 0 radical (unpaired) electrons. The molecule has 3 heterocycles. The second-order valence-electron chi connectivity index (χ2n) is 6.41. The maximum Gasteiger partial charge on any atom is 0.239 e. The summed E-state index contributed by atoms with van der Waals surface area (Å²) in [6, 6.07) is 2.15. The number of thiophene rings is 1. The molecule has 0 aliphatic carbocycles. The molecule has 0 saturated carbocycles. The number of fused-ring (bicyclic) bond motifs is 1. The van der Waals surface area contributed by atoms with Gasteiger partial charge in [0.2, 0.25) is 5.91 Å². The maximum atomic E-state index is 12.7. The summed E-state index contributed by atoms with van der Waals surface area (Å²) in [6.07, 6.45) is 4.86. The number of nitrogens with one attached hydrogen (secondary N) is 1. The highest BCUT2D eigenvalue weighted by Crippen LogP contribution is 2.24. The minimum atomic E-state index is -0.179. The van der Waals surface area contributed by atoms with Crippen molar-refractivity contribution in [2.45, 2.75) is 52.4 Å². The van der Waals surface area contributed by atoms with Crippen LogP contribution in [-0.2, 0) is 24.3 Å². The summed E-state index contributed by atoms with van der Waals surface area (Å²) in [5.74, 6) is 0.186. The van der Waals surface area contributed by atoms with Gasteiger partial charge in [0, 0.05) is 30.2 Å². The van der Waals surface area contributed by atoms with E-state index in [2.05, 4.69) is 28.8 Å². The van der Waals surface area contributed by atoms with Gasteiger partial charge in [-0.2, -0.15) is 5.10 Å². The van der Waals surface area contributed by atoms with Crippen molar-refractivity contribution < 1.29 is 4.79 Å². The smallest absolute Gasteiger partial charge is 0.239 e. The van der Waals surface area contributed by atoms with E-state index in [1.807, 2.05) is 35.8 Å². The van der Waals surface area contributed by atoms with Crippen molar-refractivity contribution in [3.8, 4) is 0 Å². The monoisotopic (exact) mass is 332 g/mol. The Bertz CT molecular complexity index is 678. The Kier molecular flexibility index (Phi) is 4.82. The van der Waals surface area contributed by atoms with Gasteiger partial charge in [0.1, 0.15) is 0 Å². The fraction of sp³-hybridized carbons (Fsp3) is 0.529. The van der Waals surface area contributed by atoms with E-state index in [1.54, 1.807) is 11.3 Å². The molecule has 124 valence electrons. The lowest BCUT2D eigenvalue weighted by Crippen LogP contribution is -2.49. The van der Waals surface area contributed by atoms with Crippen molar-refractivity contribution in [2.75, 3.05) is 6.54 Å². The van der Waals surface area contributed by atoms with E-state index in [1.165, 1.54) is 10.4 Å². The first-order chi connectivity index (χ1) is 11.0. The van der Waals surface area contributed by atoms with Crippen LogP contribution in [0.4, 0.5) is 0 Å². The lowest BCUT2D eigenvalue weighted by Gasteiger charge is -2.30. The Morgan fingerprint density at radius 1 is 1.48 bits per heavy atom. The van der Waals surface area contributed by atoms with E-state index in [-0.39, 0.29) is 18.0 Å². The van der Waals surface area contributed by atoms with Gasteiger partial charge in [-0.05, 0) is 49.8 Å². The van der Waals surface area contributed by atoms with Gasteiger partial charge >= 0.3 is 0 Å². The van der Waals surface area contributed by atoms with Crippen molar-refractivity contribution in [1.82, 2.24) is 20.0 Å². The average molecular weight is 332 g/mol. The lowest BCUT2D eigenvalue weighted by atomic mass is 10.1. The Labute approximate surface area is 141 Å². The van der Waals surface area contributed by atoms with Crippen molar-refractivity contribution in [3.63, 3.8) is 0 Å². The van der Waals surface area contributed by atoms with Crippen LogP contribution < -0.4 is 5.32 Å². The maximum absolute atomic E-state index is 12.7. The van der Waals surface area contributed by atoms with Crippen LogP contribution in [0.5, 0.6) is 0 Å². The minimum absolute atomic E-state index is 0.179. The molecule has 1 aliphatic heterocycles. The molecular weight excluding hydrogens is 308 g/mol. The van der Waals surface area contributed by atoms with Crippen LogP contribution in [0.3, 0.4) is 0 Å². The quantitative estimate of drug-likeness (QED) is 0.913. The SMILES string of the molecule is Cc1cnn(C[C@@H](C)N[C@@H](C)C(=O)N2CCc3sccc3C2)c1. The largest absolute Gasteiger partial charge is 0.337 e. The molecular formula is C17H24N4OS. The predicted molar refractivity (Wildman–Crippen MR) is 92.5 cm³/mol. The van der Waals surface area contributed by atoms with E-state index in [0.717, 1.165) is 31.6 Å². The van der Waals surface area contributed by atoms with Gasteiger partial charge in [-0.25, -0.2) is 0 Å². The van der Waals surface area contributed by atoms with Crippen LogP contribution >= 0.6 is 11.3 Å². The van der Waals surface area contributed by atoms with Crippen molar-refractivity contribution in [1.29, 1.82) is 0 Å². The van der Waals surface area contributed by atoms with Gasteiger partial charge < -0.3 is 10.2 Å². The predicted octanol–water partition coefficient (Wildman–Crippen LogP) is 2.20. The number of carbonyl (C=O) groups is 1. The number of rotatable bonds is 5. The molecule has 2 aromatic rings. The number of amides is 1. The Hall–Kier alpha value is -1.66. The van der Waals surface area contributed by atoms with E-state index < -0.39 is 0 Å². The fourth-order valence-electron chi connectivity index (χ4n) is 3.11. The molecule has 1 N–H and O–H groups in total. The molecule has 0 fully saturated rings. The average Bonchev–Trinajstić information content (AvgIpc) is 3.14. The van der Waals surface area contributed by atoms with Crippen molar-refractivity contribution in [2.24, 2.45) is 0 Å². The third-order valence-electron chi connectivity index (χ3n) is 4.25. The van der Waals surface area contributed by atoms with E-state index in [9.17, 15) is 4.79 Å². The molecule has 23 heavy (non-hydrogen) atoms. The first-order valence-corrected chi connectivity index (χ1v) is 9.00. The summed E-state index contributed by atoms with van der Waals surface area (Å²) < 4.78 is 1.92. The van der Waals surface area contributed by atoms with Crippen LogP contribution in [0.2, 0.25) is 0 Å². The standard InChI is InChI=1S/C17H24N4OS/c1-12-8-18-21(9-12)10-13(2)19-14(3)17(22)20-6-4-16-15(11-20)5-7-23-16/h5,7-9,13-14,19H,4,6,10-11H2,1-3H3/t13-,14+/m1/s1. The fourth-order valence-corrected chi connectivity index (χ4v) is 4.00. The highest BCUT2D eigenvalue weighted by Gasteiger charge is 2.25. The van der Waals surface area contributed by atoms with Gasteiger partial charge in [-0.1, -0.05) is 0 Å². The molecule has 1 aliphatic rings. The van der Waals surface area contributed by atoms with E-state index >= 15 is 0 Å². The highest BCUT2D eigenvalue weighted by molar-refractivity contribution is 7.10. The zero-order valence-corrected chi connectivity index (χ0v) is 14.8. The molecule has 2 aromatic heterocycles. The topological polar surface area (TPSA) is 50.2 Å².